The summed E-state index contributed by atoms with van der Waals surface area (Å²) < 4.78 is 0. The number of hydrogen-bond acceptors (Lipinski definition) is 1. The van der Waals surface area contributed by atoms with Gasteiger partial charge in [-0.3, -0.25) is 0 Å². The molecular formula is C13H20O. The molecular weight excluding hydrogens is 172 g/mol. The van der Waals surface area contributed by atoms with E-state index >= 15 is 0 Å². The standard InChI is InChI=1S/C13H20O/c1-11(2)7-5-9-13(14)10-6-8-12(3)4/h11-14H,7-8H2,1-4H3. The van der Waals surface area contributed by atoms with Crippen LogP contribution in [0, 0.1) is 35.5 Å². The SMILES string of the molecule is CC(C)CC#CC(O)C#CCC(C)C. The molecule has 0 aromatic carbocycles. The molecule has 1 nitrogen and oxygen atoms in total. The van der Waals surface area contributed by atoms with Crippen LogP contribution in [0.5, 0.6) is 0 Å². The van der Waals surface area contributed by atoms with Gasteiger partial charge in [-0.25, -0.2) is 0 Å². The van der Waals surface area contributed by atoms with E-state index in [2.05, 4.69) is 51.4 Å². The Kier molecular flexibility index (Phi) is 6.99. The molecule has 1 N–H and O–H groups in total. The lowest BCUT2D eigenvalue weighted by Crippen LogP contribution is -1.98. The summed E-state index contributed by atoms with van der Waals surface area (Å²) in [4.78, 5) is 0. The summed E-state index contributed by atoms with van der Waals surface area (Å²) in [5, 5.41) is 9.33. The van der Waals surface area contributed by atoms with E-state index in [-0.39, 0.29) is 0 Å². The Balaban J connectivity index is 3.86. The zero-order chi connectivity index (χ0) is 11.0. The molecule has 0 aromatic rings. The Morgan fingerprint density at radius 1 is 0.857 bits per heavy atom. The third-order valence-electron chi connectivity index (χ3n) is 1.50. The van der Waals surface area contributed by atoms with E-state index in [1.54, 1.807) is 0 Å². The van der Waals surface area contributed by atoms with Crippen LogP contribution in [-0.4, -0.2) is 11.2 Å². The van der Waals surface area contributed by atoms with Crippen LogP contribution < -0.4 is 0 Å². The number of aliphatic hydroxyl groups is 1. The highest BCUT2D eigenvalue weighted by Gasteiger charge is 1.92. The summed E-state index contributed by atoms with van der Waals surface area (Å²) in [5.74, 6) is 12.4. The topological polar surface area (TPSA) is 20.2 Å². The second-order valence-corrected chi connectivity index (χ2v) is 4.24. The summed E-state index contributed by atoms with van der Waals surface area (Å²) in [6.07, 6.45) is 0.874. The van der Waals surface area contributed by atoms with Gasteiger partial charge < -0.3 is 5.11 Å². The largest absolute Gasteiger partial charge is 0.369 e. The predicted molar refractivity (Wildman–Crippen MR) is 60.5 cm³/mol. The van der Waals surface area contributed by atoms with Gasteiger partial charge in [0.1, 0.15) is 0 Å². The molecule has 0 fully saturated rings. The van der Waals surface area contributed by atoms with Crippen molar-refractivity contribution < 1.29 is 5.11 Å². The van der Waals surface area contributed by atoms with Gasteiger partial charge in [0.25, 0.3) is 0 Å². The summed E-state index contributed by atoms with van der Waals surface area (Å²) in [7, 11) is 0. The summed E-state index contributed by atoms with van der Waals surface area (Å²) >= 11 is 0. The highest BCUT2D eigenvalue weighted by molar-refractivity contribution is 5.19. The average Bonchev–Trinajstić information content (AvgIpc) is 2.02. The molecule has 0 aliphatic rings. The minimum atomic E-state index is -0.771. The maximum absolute atomic E-state index is 9.33. The Hall–Kier alpha value is -0.920. The molecule has 0 aliphatic heterocycles. The monoisotopic (exact) mass is 192 g/mol. The smallest absolute Gasteiger partial charge is 0.176 e. The van der Waals surface area contributed by atoms with Crippen molar-refractivity contribution in [1.29, 1.82) is 0 Å². The molecule has 14 heavy (non-hydrogen) atoms. The van der Waals surface area contributed by atoms with Crippen LogP contribution in [-0.2, 0) is 0 Å². The van der Waals surface area contributed by atoms with Gasteiger partial charge in [0, 0.05) is 12.8 Å². The molecule has 0 spiro atoms. The third-order valence-corrected chi connectivity index (χ3v) is 1.50. The van der Waals surface area contributed by atoms with Crippen molar-refractivity contribution in [1.82, 2.24) is 0 Å². The van der Waals surface area contributed by atoms with E-state index in [4.69, 9.17) is 0 Å². The normalized spacial score (nSPS) is 9.71. The number of aliphatic hydroxyl groups excluding tert-OH is 1. The number of rotatable bonds is 2. The van der Waals surface area contributed by atoms with E-state index in [9.17, 15) is 5.11 Å². The highest BCUT2D eigenvalue weighted by atomic mass is 16.3. The Labute approximate surface area is 87.9 Å². The van der Waals surface area contributed by atoms with Crippen LogP contribution in [0.15, 0.2) is 0 Å². The van der Waals surface area contributed by atoms with Crippen molar-refractivity contribution >= 4 is 0 Å². The maximum Gasteiger partial charge on any atom is 0.176 e. The molecule has 0 unspecified atom stereocenters. The second kappa shape index (κ2) is 7.48. The van der Waals surface area contributed by atoms with Gasteiger partial charge >= 0.3 is 0 Å². The average molecular weight is 192 g/mol. The fraction of sp³-hybridized carbons (Fsp3) is 0.692. The van der Waals surface area contributed by atoms with Gasteiger partial charge in [-0.2, -0.15) is 0 Å². The second-order valence-electron chi connectivity index (χ2n) is 4.24. The molecule has 0 saturated carbocycles. The van der Waals surface area contributed by atoms with Crippen LogP contribution in [0.2, 0.25) is 0 Å². The molecule has 78 valence electrons. The Morgan fingerprint density at radius 3 is 1.50 bits per heavy atom. The van der Waals surface area contributed by atoms with Crippen LogP contribution in [0.25, 0.3) is 0 Å². The minimum absolute atomic E-state index is 0.554. The molecule has 0 rings (SSSR count). The van der Waals surface area contributed by atoms with Gasteiger partial charge in [-0.15, -0.1) is 0 Å². The van der Waals surface area contributed by atoms with Gasteiger partial charge in [-0.1, -0.05) is 51.4 Å². The van der Waals surface area contributed by atoms with E-state index < -0.39 is 6.10 Å². The molecule has 1 heteroatoms. The fourth-order valence-electron chi connectivity index (χ4n) is 0.756. The number of hydrogen-bond donors (Lipinski definition) is 1. The van der Waals surface area contributed by atoms with Gasteiger partial charge in [0.15, 0.2) is 6.10 Å². The lowest BCUT2D eigenvalue weighted by Gasteiger charge is -1.95. The molecule has 0 aromatic heterocycles. The lowest BCUT2D eigenvalue weighted by molar-refractivity contribution is 0.289. The van der Waals surface area contributed by atoms with Gasteiger partial charge in [0.2, 0.25) is 0 Å². The van der Waals surface area contributed by atoms with Crippen LogP contribution in [0.1, 0.15) is 40.5 Å². The lowest BCUT2D eigenvalue weighted by atomic mass is 10.1. The van der Waals surface area contributed by atoms with Crippen LogP contribution >= 0.6 is 0 Å². The quantitative estimate of drug-likeness (QED) is 0.666. The van der Waals surface area contributed by atoms with Crippen molar-refractivity contribution in [3.63, 3.8) is 0 Å². The minimum Gasteiger partial charge on any atom is -0.369 e. The molecule has 0 radical (unpaired) electrons. The maximum atomic E-state index is 9.33. The molecule has 0 amide bonds. The van der Waals surface area contributed by atoms with Gasteiger partial charge in [-0.05, 0) is 11.8 Å². The van der Waals surface area contributed by atoms with E-state index in [0.717, 1.165) is 12.8 Å². The zero-order valence-electron chi connectivity index (χ0n) is 9.59. The first-order chi connectivity index (χ1) is 6.52. The fourth-order valence-corrected chi connectivity index (χ4v) is 0.756. The molecule has 0 heterocycles. The zero-order valence-corrected chi connectivity index (χ0v) is 9.59. The van der Waals surface area contributed by atoms with Crippen molar-refractivity contribution in [2.24, 2.45) is 11.8 Å². The summed E-state index contributed by atoms with van der Waals surface area (Å²) in [6, 6.07) is 0. The first-order valence-corrected chi connectivity index (χ1v) is 5.17. The molecule has 0 bridgehead atoms. The van der Waals surface area contributed by atoms with E-state index in [1.165, 1.54) is 0 Å². The van der Waals surface area contributed by atoms with E-state index in [0.29, 0.717) is 11.8 Å². The summed E-state index contributed by atoms with van der Waals surface area (Å²) in [5.41, 5.74) is 0. The molecule has 0 saturated heterocycles. The summed E-state index contributed by atoms with van der Waals surface area (Å²) in [6.45, 7) is 8.41. The van der Waals surface area contributed by atoms with Crippen LogP contribution in [0.3, 0.4) is 0 Å². The predicted octanol–water partition coefficient (Wildman–Crippen LogP) is 2.45. The highest BCUT2D eigenvalue weighted by Crippen LogP contribution is 1.97. The molecule has 0 atom stereocenters. The first-order valence-electron chi connectivity index (χ1n) is 5.17. The van der Waals surface area contributed by atoms with Crippen LogP contribution in [0.4, 0.5) is 0 Å². The Morgan fingerprint density at radius 2 is 1.21 bits per heavy atom. The van der Waals surface area contributed by atoms with Crippen molar-refractivity contribution in [2.45, 2.75) is 46.6 Å². The Bertz CT molecular complexity index is 226. The van der Waals surface area contributed by atoms with Crippen molar-refractivity contribution in [2.75, 3.05) is 0 Å². The van der Waals surface area contributed by atoms with Crippen molar-refractivity contribution in [3.05, 3.63) is 0 Å². The van der Waals surface area contributed by atoms with Gasteiger partial charge in [0.05, 0.1) is 0 Å². The third kappa shape index (κ3) is 9.17. The van der Waals surface area contributed by atoms with Crippen molar-refractivity contribution in [3.8, 4) is 23.7 Å². The van der Waals surface area contributed by atoms with E-state index in [1.807, 2.05) is 0 Å². The first kappa shape index (κ1) is 13.1. The molecule has 0 aliphatic carbocycles.